The SMILES string of the molecule is CCOCCN1CCN(c2cccc(F)n2)C(C)C1. The van der Waals surface area contributed by atoms with Crippen LogP contribution in [0.3, 0.4) is 0 Å². The molecular weight excluding hydrogens is 245 g/mol. The van der Waals surface area contributed by atoms with Crippen LogP contribution in [-0.4, -0.2) is 55.3 Å². The molecule has 2 rings (SSSR count). The second-order valence-corrected chi connectivity index (χ2v) is 4.86. The van der Waals surface area contributed by atoms with E-state index in [1.165, 1.54) is 6.07 Å². The number of ether oxygens (including phenoxy) is 1. The van der Waals surface area contributed by atoms with Crippen LogP contribution in [0.4, 0.5) is 10.2 Å². The average Bonchev–Trinajstić information content (AvgIpc) is 2.39. The molecule has 0 aliphatic carbocycles. The van der Waals surface area contributed by atoms with Crippen molar-refractivity contribution in [1.82, 2.24) is 9.88 Å². The number of hydrogen-bond acceptors (Lipinski definition) is 4. The Hall–Kier alpha value is -1.20. The van der Waals surface area contributed by atoms with Gasteiger partial charge in [0.05, 0.1) is 6.61 Å². The van der Waals surface area contributed by atoms with Crippen molar-refractivity contribution >= 4 is 5.82 Å². The van der Waals surface area contributed by atoms with Gasteiger partial charge in [0.1, 0.15) is 5.82 Å². The molecule has 0 N–H and O–H groups in total. The maximum atomic E-state index is 13.2. The van der Waals surface area contributed by atoms with E-state index < -0.39 is 5.95 Å². The Morgan fingerprint density at radius 1 is 1.42 bits per heavy atom. The molecule has 1 aromatic heterocycles. The van der Waals surface area contributed by atoms with Gasteiger partial charge in [0.15, 0.2) is 0 Å². The molecule has 1 aromatic rings. The Labute approximate surface area is 114 Å². The Morgan fingerprint density at radius 3 is 2.95 bits per heavy atom. The fraction of sp³-hybridized carbons (Fsp3) is 0.643. The van der Waals surface area contributed by atoms with Crippen molar-refractivity contribution < 1.29 is 9.13 Å². The molecule has 1 aliphatic heterocycles. The van der Waals surface area contributed by atoms with Crippen molar-refractivity contribution in [3.8, 4) is 0 Å². The lowest BCUT2D eigenvalue weighted by molar-refractivity contribution is 0.106. The second kappa shape index (κ2) is 6.82. The number of anilines is 1. The molecule has 106 valence electrons. The summed E-state index contributed by atoms with van der Waals surface area (Å²) in [6.45, 7) is 9.48. The Kier molecular flexibility index (Phi) is 5.10. The summed E-state index contributed by atoms with van der Waals surface area (Å²) in [5.41, 5.74) is 0. The summed E-state index contributed by atoms with van der Waals surface area (Å²) in [5, 5.41) is 0. The fourth-order valence-electron chi connectivity index (χ4n) is 2.47. The lowest BCUT2D eigenvalue weighted by Crippen LogP contribution is -2.53. The molecule has 1 atom stereocenters. The van der Waals surface area contributed by atoms with Crippen LogP contribution in [0.15, 0.2) is 18.2 Å². The summed E-state index contributed by atoms with van der Waals surface area (Å²) in [6, 6.07) is 5.30. The molecular formula is C14H22FN3O. The number of rotatable bonds is 5. The van der Waals surface area contributed by atoms with Crippen LogP contribution in [0.5, 0.6) is 0 Å². The topological polar surface area (TPSA) is 28.6 Å². The van der Waals surface area contributed by atoms with Gasteiger partial charge in [-0.1, -0.05) is 6.07 Å². The van der Waals surface area contributed by atoms with Crippen LogP contribution in [0.25, 0.3) is 0 Å². The van der Waals surface area contributed by atoms with Crippen molar-refractivity contribution in [2.75, 3.05) is 44.3 Å². The molecule has 4 nitrogen and oxygen atoms in total. The van der Waals surface area contributed by atoms with E-state index in [9.17, 15) is 4.39 Å². The van der Waals surface area contributed by atoms with Crippen LogP contribution in [0.2, 0.25) is 0 Å². The number of piperazine rings is 1. The lowest BCUT2D eigenvalue weighted by Gasteiger charge is -2.40. The largest absolute Gasteiger partial charge is 0.380 e. The predicted molar refractivity (Wildman–Crippen MR) is 73.9 cm³/mol. The first kappa shape index (κ1) is 14.2. The highest BCUT2D eigenvalue weighted by Crippen LogP contribution is 2.18. The molecule has 1 aliphatic rings. The second-order valence-electron chi connectivity index (χ2n) is 4.86. The van der Waals surface area contributed by atoms with Crippen LogP contribution >= 0.6 is 0 Å². The molecule has 0 amide bonds. The summed E-state index contributed by atoms with van der Waals surface area (Å²) in [5.74, 6) is 0.320. The summed E-state index contributed by atoms with van der Waals surface area (Å²) >= 11 is 0. The number of hydrogen-bond donors (Lipinski definition) is 0. The standard InChI is InChI=1S/C14H22FN3O/c1-3-19-10-9-17-7-8-18(12(2)11-17)14-6-4-5-13(15)16-14/h4-6,12H,3,7-11H2,1-2H3. The summed E-state index contributed by atoms with van der Waals surface area (Å²) in [4.78, 5) is 8.52. The van der Waals surface area contributed by atoms with Crippen LogP contribution in [0, 0.1) is 5.95 Å². The first-order valence-corrected chi connectivity index (χ1v) is 6.90. The van der Waals surface area contributed by atoms with Gasteiger partial charge in [-0.25, -0.2) is 4.98 Å². The minimum Gasteiger partial charge on any atom is -0.380 e. The predicted octanol–water partition coefficient (Wildman–Crippen LogP) is 1.77. The quantitative estimate of drug-likeness (QED) is 0.600. The van der Waals surface area contributed by atoms with Gasteiger partial charge in [0.2, 0.25) is 5.95 Å². The normalized spacial score (nSPS) is 20.8. The zero-order valence-corrected chi connectivity index (χ0v) is 11.7. The molecule has 0 radical (unpaired) electrons. The Balaban J connectivity index is 1.90. The van der Waals surface area contributed by atoms with E-state index in [4.69, 9.17) is 4.74 Å². The minimum atomic E-state index is -0.413. The van der Waals surface area contributed by atoms with Crippen LogP contribution in [-0.2, 0) is 4.74 Å². The van der Waals surface area contributed by atoms with Gasteiger partial charge in [-0.2, -0.15) is 4.39 Å². The maximum absolute atomic E-state index is 13.2. The molecule has 1 fully saturated rings. The Bertz CT molecular complexity index is 402. The highest BCUT2D eigenvalue weighted by Gasteiger charge is 2.24. The zero-order chi connectivity index (χ0) is 13.7. The van der Waals surface area contributed by atoms with E-state index in [0.29, 0.717) is 6.04 Å². The van der Waals surface area contributed by atoms with Crippen LogP contribution in [0.1, 0.15) is 13.8 Å². The molecule has 0 saturated carbocycles. The van der Waals surface area contributed by atoms with E-state index in [1.807, 2.05) is 13.0 Å². The zero-order valence-electron chi connectivity index (χ0n) is 11.7. The number of halogens is 1. The number of aromatic nitrogens is 1. The highest BCUT2D eigenvalue weighted by atomic mass is 19.1. The van der Waals surface area contributed by atoms with E-state index in [0.717, 1.165) is 45.2 Å². The van der Waals surface area contributed by atoms with Gasteiger partial charge in [-0.15, -0.1) is 0 Å². The van der Waals surface area contributed by atoms with Gasteiger partial charge >= 0.3 is 0 Å². The first-order valence-electron chi connectivity index (χ1n) is 6.90. The van der Waals surface area contributed by atoms with Gasteiger partial charge in [0, 0.05) is 38.8 Å². The fourth-order valence-corrected chi connectivity index (χ4v) is 2.47. The molecule has 0 aromatic carbocycles. The van der Waals surface area contributed by atoms with Crippen molar-refractivity contribution in [3.63, 3.8) is 0 Å². The third-order valence-electron chi connectivity index (χ3n) is 3.46. The first-order chi connectivity index (χ1) is 9.20. The van der Waals surface area contributed by atoms with Crippen molar-refractivity contribution in [2.24, 2.45) is 0 Å². The van der Waals surface area contributed by atoms with Crippen LogP contribution < -0.4 is 4.90 Å². The summed E-state index contributed by atoms with van der Waals surface area (Å²) in [7, 11) is 0. The van der Waals surface area contributed by atoms with Gasteiger partial charge in [-0.05, 0) is 26.0 Å². The van der Waals surface area contributed by atoms with E-state index in [1.54, 1.807) is 6.07 Å². The van der Waals surface area contributed by atoms with Gasteiger partial charge < -0.3 is 9.64 Å². The lowest BCUT2D eigenvalue weighted by atomic mass is 10.2. The van der Waals surface area contributed by atoms with Gasteiger partial charge in [0.25, 0.3) is 0 Å². The van der Waals surface area contributed by atoms with Crippen molar-refractivity contribution in [2.45, 2.75) is 19.9 Å². The highest BCUT2D eigenvalue weighted by molar-refractivity contribution is 5.40. The maximum Gasteiger partial charge on any atom is 0.214 e. The minimum absolute atomic E-state index is 0.338. The van der Waals surface area contributed by atoms with E-state index in [-0.39, 0.29) is 0 Å². The molecule has 19 heavy (non-hydrogen) atoms. The molecule has 1 saturated heterocycles. The number of pyridine rings is 1. The molecule has 0 spiro atoms. The van der Waals surface area contributed by atoms with Crippen molar-refractivity contribution in [1.29, 1.82) is 0 Å². The van der Waals surface area contributed by atoms with E-state index >= 15 is 0 Å². The third kappa shape index (κ3) is 3.88. The molecule has 1 unspecified atom stereocenters. The monoisotopic (exact) mass is 267 g/mol. The van der Waals surface area contributed by atoms with Crippen molar-refractivity contribution in [3.05, 3.63) is 24.1 Å². The van der Waals surface area contributed by atoms with E-state index in [2.05, 4.69) is 21.7 Å². The Morgan fingerprint density at radius 2 is 2.26 bits per heavy atom. The number of nitrogens with zero attached hydrogens (tertiary/aromatic N) is 3. The average molecular weight is 267 g/mol. The smallest absolute Gasteiger partial charge is 0.214 e. The summed E-state index contributed by atoms with van der Waals surface area (Å²) < 4.78 is 18.5. The molecule has 0 bridgehead atoms. The molecule has 5 heteroatoms. The van der Waals surface area contributed by atoms with Gasteiger partial charge in [-0.3, -0.25) is 4.90 Å². The third-order valence-corrected chi connectivity index (χ3v) is 3.46. The summed E-state index contributed by atoms with van der Waals surface area (Å²) in [6.07, 6.45) is 0. The molecule has 2 heterocycles.